The third-order valence-electron chi connectivity index (χ3n) is 1.02. The van der Waals surface area contributed by atoms with Gasteiger partial charge in [0.1, 0.15) is 0 Å². The Balaban J connectivity index is 2.85. The summed E-state index contributed by atoms with van der Waals surface area (Å²) < 4.78 is 1.28. The van der Waals surface area contributed by atoms with Crippen molar-refractivity contribution < 1.29 is 0 Å². The molecule has 0 fully saturated rings. The van der Waals surface area contributed by atoms with Crippen molar-refractivity contribution in [2.24, 2.45) is 5.84 Å². The second kappa shape index (κ2) is 2.75. The summed E-state index contributed by atoms with van der Waals surface area (Å²) in [6.45, 7) is 0. The molecule has 0 aliphatic carbocycles. The van der Waals surface area contributed by atoms with Gasteiger partial charge in [-0.25, -0.2) is 5.84 Å². The molecule has 0 aliphatic rings. The van der Waals surface area contributed by atoms with Crippen molar-refractivity contribution in [3.8, 4) is 0 Å². The first-order valence-electron chi connectivity index (χ1n) is 2.59. The maximum atomic E-state index is 5.31. The van der Waals surface area contributed by atoms with Crippen molar-refractivity contribution in [3.63, 3.8) is 0 Å². The van der Waals surface area contributed by atoms with Crippen LogP contribution in [0.4, 0.5) is 5.69 Å². The Kier molecular flexibility index (Phi) is 1.97. The minimum atomic E-state index is 0.890. The number of rotatable bonds is 1. The lowest BCUT2D eigenvalue weighted by molar-refractivity contribution is 1.22. The zero-order valence-electron chi connectivity index (χ0n) is 4.86. The van der Waals surface area contributed by atoms with Crippen molar-refractivity contribution in [2.75, 3.05) is 4.41 Å². The van der Waals surface area contributed by atoms with Gasteiger partial charge in [0, 0.05) is 0 Å². The van der Waals surface area contributed by atoms with Crippen molar-refractivity contribution in [1.82, 2.24) is 0 Å². The first-order valence-corrected chi connectivity index (χ1v) is 2.99. The first-order chi connectivity index (χ1) is 4.30. The van der Waals surface area contributed by atoms with Gasteiger partial charge in [0.2, 0.25) is 0 Å². The summed E-state index contributed by atoms with van der Waals surface area (Å²) in [6, 6.07) is 9.51. The van der Waals surface area contributed by atoms with E-state index in [0.717, 1.165) is 5.69 Å². The number of nitrogens with two attached hydrogens (primary N) is 1. The Bertz CT molecular complexity index is 174. The maximum Gasteiger partial charge on any atom is 0.0642 e. The van der Waals surface area contributed by atoms with Crippen LogP contribution in [0.5, 0.6) is 0 Å². The van der Waals surface area contributed by atoms with Crippen LogP contribution in [0, 0.1) is 0 Å². The molecule has 0 amide bonds. The molecule has 0 bridgehead atoms. The van der Waals surface area contributed by atoms with Crippen LogP contribution in [0.3, 0.4) is 0 Å². The van der Waals surface area contributed by atoms with Gasteiger partial charge in [-0.15, -0.1) is 0 Å². The van der Waals surface area contributed by atoms with Crippen LogP contribution in [0.1, 0.15) is 0 Å². The normalized spacial score (nSPS) is 9.11. The second-order valence-electron chi connectivity index (χ2n) is 1.68. The van der Waals surface area contributed by atoms with E-state index in [1.165, 1.54) is 4.41 Å². The van der Waals surface area contributed by atoms with Gasteiger partial charge in [-0.1, -0.05) is 18.2 Å². The number of thiol groups is 1. The number of hydrogen-bond acceptors (Lipinski definition) is 3. The number of hydrogen-bond donors (Lipinski definition) is 2. The highest BCUT2D eigenvalue weighted by Crippen LogP contribution is 2.09. The number of nitrogens with zero attached hydrogens (tertiary/aromatic N) is 1. The van der Waals surface area contributed by atoms with E-state index in [-0.39, 0.29) is 0 Å². The van der Waals surface area contributed by atoms with E-state index in [4.69, 9.17) is 5.84 Å². The largest absolute Gasteiger partial charge is 0.256 e. The van der Waals surface area contributed by atoms with E-state index in [2.05, 4.69) is 12.8 Å². The predicted molar refractivity (Wildman–Crippen MR) is 42.1 cm³/mol. The van der Waals surface area contributed by atoms with Gasteiger partial charge >= 0.3 is 0 Å². The van der Waals surface area contributed by atoms with E-state index in [0.29, 0.717) is 0 Å². The lowest BCUT2D eigenvalue weighted by Gasteiger charge is -2.07. The lowest BCUT2D eigenvalue weighted by Crippen LogP contribution is -2.17. The van der Waals surface area contributed by atoms with Crippen LogP contribution in [0.15, 0.2) is 30.3 Å². The van der Waals surface area contributed by atoms with Gasteiger partial charge in [0.05, 0.1) is 5.69 Å². The van der Waals surface area contributed by atoms with Crippen LogP contribution < -0.4 is 10.3 Å². The molecular weight excluding hydrogens is 132 g/mol. The lowest BCUT2D eigenvalue weighted by atomic mass is 10.3. The zero-order chi connectivity index (χ0) is 6.69. The van der Waals surface area contributed by atoms with Crippen molar-refractivity contribution in [1.29, 1.82) is 0 Å². The molecule has 0 heterocycles. The average molecular weight is 140 g/mol. The quantitative estimate of drug-likeness (QED) is 0.349. The molecule has 0 atom stereocenters. The molecule has 0 saturated carbocycles. The Morgan fingerprint density at radius 3 is 2.11 bits per heavy atom. The van der Waals surface area contributed by atoms with Crippen LogP contribution in [0.2, 0.25) is 0 Å². The van der Waals surface area contributed by atoms with Gasteiger partial charge in [-0.3, -0.25) is 4.41 Å². The number of anilines is 1. The van der Waals surface area contributed by atoms with Gasteiger partial charge in [0.15, 0.2) is 0 Å². The van der Waals surface area contributed by atoms with E-state index in [9.17, 15) is 0 Å². The Morgan fingerprint density at radius 2 is 1.78 bits per heavy atom. The summed E-state index contributed by atoms with van der Waals surface area (Å²) in [5, 5.41) is 0. The maximum absolute atomic E-state index is 5.31. The second-order valence-corrected chi connectivity index (χ2v) is 2.11. The fourth-order valence-corrected chi connectivity index (χ4v) is 0.714. The summed E-state index contributed by atoms with van der Waals surface area (Å²) in [6.07, 6.45) is 0. The zero-order valence-corrected chi connectivity index (χ0v) is 5.75. The highest BCUT2D eigenvalue weighted by atomic mass is 32.1. The molecule has 0 aliphatic heterocycles. The minimum absolute atomic E-state index is 0.890. The van der Waals surface area contributed by atoms with E-state index in [1.807, 2.05) is 30.3 Å². The molecule has 1 rings (SSSR count). The molecular formula is C6H8N2S. The van der Waals surface area contributed by atoms with Crippen molar-refractivity contribution >= 4 is 18.5 Å². The number of para-hydroxylation sites is 1. The molecule has 0 aromatic heterocycles. The third kappa shape index (κ3) is 1.62. The van der Waals surface area contributed by atoms with E-state index >= 15 is 0 Å². The molecule has 1 aromatic rings. The Hall–Kier alpha value is -0.670. The van der Waals surface area contributed by atoms with Crippen LogP contribution in [-0.4, -0.2) is 0 Å². The molecule has 48 valence electrons. The summed E-state index contributed by atoms with van der Waals surface area (Å²) in [4.78, 5) is 0. The fourth-order valence-electron chi connectivity index (χ4n) is 0.581. The average Bonchev–Trinajstić information content (AvgIpc) is 1.90. The SMILES string of the molecule is NN(S)c1ccccc1. The first kappa shape index (κ1) is 6.45. The van der Waals surface area contributed by atoms with E-state index in [1.54, 1.807) is 0 Å². The molecule has 2 nitrogen and oxygen atoms in total. The molecule has 0 radical (unpaired) electrons. The summed E-state index contributed by atoms with van der Waals surface area (Å²) in [5.74, 6) is 5.31. The molecule has 0 saturated heterocycles. The van der Waals surface area contributed by atoms with Crippen LogP contribution in [-0.2, 0) is 0 Å². The molecule has 3 heteroatoms. The summed E-state index contributed by atoms with van der Waals surface area (Å²) >= 11 is 3.90. The third-order valence-corrected chi connectivity index (χ3v) is 1.25. The molecule has 0 unspecified atom stereocenters. The molecule has 1 aromatic carbocycles. The van der Waals surface area contributed by atoms with Gasteiger partial charge in [-0.2, -0.15) is 0 Å². The number of hydrazine groups is 1. The monoisotopic (exact) mass is 140 g/mol. The smallest absolute Gasteiger partial charge is 0.0642 e. The Morgan fingerprint density at radius 1 is 1.22 bits per heavy atom. The number of benzene rings is 1. The predicted octanol–water partition coefficient (Wildman–Crippen LogP) is 1.21. The van der Waals surface area contributed by atoms with Gasteiger partial charge in [-0.05, 0) is 24.9 Å². The van der Waals surface area contributed by atoms with Crippen molar-refractivity contribution in [2.45, 2.75) is 0 Å². The van der Waals surface area contributed by atoms with Gasteiger partial charge < -0.3 is 0 Å². The van der Waals surface area contributed by atoms with E-state index < -0.39 is 0 Å². The summed E-state index contributed by atoms with van der Waals surface area (Å²) in [7, 11) is 0. The fraction of sp³-hybridized carbons (Fsp3) is 0. The molecule has 0 spiro atoms. The highest BCUT2D eigenvalue weighted by molar-refractivity contribution is 7.81. The van der Waals surface area contributed by atoms with Crippen molar-refractivity contribution in [3.05, 3.63) is 30.3 Å². The summed E-state index contributed by atoms with van der Waals surface area (Å²) in [5.41, 5.74) is 0.890. The minimum Gasteiger partial charge on any atom is -0.256 e. The molecule has 9 heavy (non-hydrogen) atoms. The Labute approximate surface area is 59.8 Å². The topological polar surface area (TPSA) is 29.3 Å². The van der Waals surface area contributed by atoms with Crippen LogP contribution in [0.25, 0.3) is 0 Å². The standard InChI is InChI=1S/C6H8N2S/c7-8(9)6-4-2-1-3-5-6/h1-5,9H,7H2. The van der Waals surface area contributed by atoms with Crippen LogP contribution >= 0.6 is 12.8 Å². The van der Waals surface area contributed by atoms with Gasteiger partial charge in [0.25, 0.3) is 0 Å². The molecule has 2 N–H and O–H groups in total. The highest BCUT2D eigenvalue weighted by Gasteiger charge is 1.89.